The van der Waals surface area contributed by atoms with Crippen LogP contribution >= 0.6 is 11.3 Å². The van der Waals surface area contributed by atoms with E-state index in [-0.39, 0.29) is 6.10 Å². The molecule has 1 unspecified atom stereocenters. The highest BCUT2D eigenvalue weighted by Gasteiger charge is 2.26. The van der Waals surface area contributed by atoms with Gasteiger partial charge in [0.2, 0.25) is 0 Å². The van der Waals surface area contributed by atoms with Gasteiger partial charge in [-0.15, -0.1) is 11.3 Å². The van der Waals surface area contributed by atoms with E-state index in [1.54, 1.807) is 11.3 Å². The number of ether oxygens (including phenoxy) is 1. The SMILES string of the molecule is Cc1nc(C2CN(C(C)C)CCO2)sc1CN. The lowest BCUT2D eigenvalue weighted by Crippen LogP contribution is -2.42. The molecule has 0 saturated carbocycles. The van der Waals surface area contributed by atoms with Gasteiger partial charge in [0, 0.05) is 30.6 Å². The predicted octanol–water partition coefficient (Wildman–Crippen LogP) is 1.69. The molecule has 1 aromatic heterocycles. The van der Waals surface area contributed by atoms with Crippen LogP contribution in [0, 0.1) is 6.92 Å². The molecule has 0 radical (unpaired) electrons. The molecular formula is C12H21N3OS. The van der Waals surface area contributed by atoms with Crippen LogP contribution < -0.4 is 5.73 Å². The van der Waals surface area contributed by atoms with Crippen LogP contribution in [-0.2, 0) is 11.3 Å². The summed E-state index contributed by atoms with van der Waals surface area (Å²) in [6, 6.07) is 0.566. The van der Waals surface area contributed by atoms with Crippen LogP contribution in [0.5, 0.6) is 0 Å². The Kier molecular flexibility index (Phi) is 4.14. The van der Waals surface area contributed by atoms with E-state index >= 15 is 0 Å². The number of hydrogen-bond acceptors (Lipinski definition) is 5. The number of nitrogens with two attached hydrogens (primary N) is 1. The molecule has 2 N–H and O–H groups in total. The summed E-state index contributed by atoms with van der Waals surface area (Å²) in [5, 5.41) is 1.08. The minimum Gasteiger partial charge on any atom is -0.368 e. The van der Waals surface area contributed by atoms with Crippen LogP contribution in [0.4, 0.5) is 0 Å². The highest BCUT2D eigenvalue weighted by Crippen LogP contribution is 2.28. The lowest BCUT2D eigenvalue weighted by molar-refractivity contribution is -0.0403. The Morgan fingerprint density at radius 2 is 2.35 bits per heavy atom. The summed E-state index contributed by atoms with van der Waals surface area (Å²) in [6.45, 7) is 9.78. The van der Waals surface area contributed by atoms with E-state index in [0.29, 0.717) is 12.6 Å². The molecule has 1 atom stereocenters. The van der Waals surface area contributed by atoms with Gasteiger partial charge in [0.15, 0.2) is 0 Å². The molecule has 0 aliphatic carbocycles. The van der Waals surface area contributed by atoms with Gasteiger partial charge in [-0.25, -0.2) is 4.98 Å². The van der Waals surface area contributed by atoms with Crippen molar-refractivity contribution < 1.29 is 4.74 Å². The van der Waals surface area contributed by atoms with Gasteiger partial charge in [0.1, 0.15) is 11.1 Å². The molecule has 96 valence electrons. The van der Waals surface area contributed by atoms with Crippen LogP contribution in [-0.4, -0.2) is 35.6 Å². The molecule has 1 aromatic rings. The first-order valence-corrected chi connectivity index (χ1v) is 6.95. The summed E-state index contributed by atoms with van der Waals surface area (Å²) in [7, 11) is 0. The molecule has 1 fully saturated rings. The monoisotopic (exact) mass is 255 g/mol. The second-order valence-corrected chi connectivity index (χ2v) is 5.83. The quantitative estimate of drug-likeness (QED) is 0.893. The molecule has 1 saturated heterocycles. The molecular weight excluding hydrogens is 234 g/mol. The summed E-state index contributed by atoms with van der Waals surface area (Å²) in [5.41, 5.74) is 6.74. The zero-order chi connectivity index (χ0) is 12.4. The number of aryl methyl sites for hydroxylation is 1. The molecule has 0 aromatic carbocycles. The molecule has 0 bridgehead atoms. The third-order valence-corrected chi connectivity index (χ3v) is 4.47. The maximum absolute atomic E-state index is 5.82. The van der Waals surface area contributed by atoms with E-state index in [1.165, 1.54) is 4.88 Å². The van der Waals surface area contributed by atoms with Crippen molar-refractivity contribution in [3.8, 4) is 0 Å². The zero-order valence-electron chi connectivity index (χ0n) is 10.8. The Morgan fingerprint density at radius 1 is 1.59 bits per heavy atom. The summed E-state index contributed by atoms with van der Waals surface area (Å²) in [6.07, 6.45) is 0.121. The van der Waals surface area contributed by atoms with Crippen molar-refractivity contribution in [2.45, 2.75) is 39.5 Å². The highest BCUT2D eigenvalue weighted by molar-refractivity contribution is 7.11. The fraction of sp³-hybridized carbons (Fsp3) is 0.750. The molecule has 1 aliphatic rings. The van der Waals surface area contributed by atoms with E-state index < -0.39 is 0 Å². The largest absolute Gasteiger partial charge is 0.368 e. The smallest absolute Gasteiger partial charge is 0.123 e. The average Bonchev–Trinajstić information content (AvgIpc) is 2.71. The fourth-order valence-electron chi connectivity index (χ4n) is 2.07. The van der Waals surface area contributed by atoms with Crippen molar-refractivity contribution in [2.75, 3.05) is 19.7 Å². The highest BCUT2D eigenvalue weighted by atomic mass is 32.1. The Morgan fingerprint density at radius 3 is 2.94 bits per heavy atom. The van der Waals surface area contributed by atoms with Crippen LogP contribution in [0.25, 0.3) is 0 Å². The summed E-state index contributed by atoms with van der Waals surface area (Å²) < 4.78 is 5.82. The molecule has 1 aliphatic heterocycles. The van der Waals surface area contributed by atoms with Crippen molar-refractivity contribution in [1.82, 2.24) is 9.88 Å². The van der Waals surface area contributed by atoms with Gasteiger partial charge in [-0.1, -0.05) is 0 Å². The first-order chi connectivity index (χ1) is 8.11. The number of nitrogens with zero attached hydrogens (tertiary/aromatic N) is 2. The fourth-order valence-corrected chi connectivity index (χ4v) is 3.05. The lowest BCUT2D eigenvalue weighted by atomic mass is 10.2. The standard InChI is InChI=1S/C12H21N3OS/c1-8(2)15-4-5-16-10(7-15)12-14-9(3)11(6-13)17-12/h8,10H,4-7,13H2,1-3H3. The van der Waals surface area contributed by atoms with Gasteiger partial charge < -0.3 is 10.5 Å². The van der Waals surface area contributed by atoms with Crippen LogP contribution in [0.3, 0.4) is 0 Å². The van der Waals surface area contributed by atoms with Crippen molar-refractivity contribution in [1.29, 1.82) is 0 Å². The average molecular weight is 255 g/mol. The Balaban J connectivity index is 2.10. The van der Waals surface area contributed by atoms with Crippen molar-refractivity contribution >= 4 is 11.3 Å². The maximum atomic E-state index is 5.82. The Labute approximate surface area is 107 Å². The molecule has 5 heteroatoms. The van der Waals surface area contributed by atoms with Gasteiger partial charge in [-0.2, -0.15) is 0 Å². The molecule has 0 amide bonds. The van der Waals surface area contributed by atoms with E-state index in [2.05, 4.69) is 23.7 Å². The number of thiazole rings is 1. The third-order valence-electron chi connectivity index (χ3n) is 3.20. The third kappa shape index (κ3) is 2.85. The minimum absolute atomic E-state index is 0.121. The second kappa shape index (κ2) is 5.44. The first-order valence-electron chi connectivity index (χ1n) is 6.13. The predicted molar refractivity (Wildman–Crippen MR) is 70.1 cm³/mol. The van der Waals surface area contributed by atoms with E-state index in [9.17, 15) is 0 Å². The topological polar surface area (TPSA) is 51.4 Å². The van der Waals surface area contributed by atoms with E-state index in [4.69, 9.17) is 10.5 Å². The molecule has 2 heterocycles. The van der Waals surface area contributed by atoms with E-state index in [1.807, 2.05) is 6.92 Å². The van der Waals surface area contributed by atoms with E-state index in [0.717, 1.165) is 30.4 Å². The maximum Gasteiger partial charge on any atom is 0.123 e. The lowest BCUT2D eigenvalue weighted by Gasteiger charge is -2.34. The van der Waals surface area contributed by atoms with Gasteiger partial charge in [-0.3, -0.25) is 4.90 Å². The molecule has 2 rings (SSSR count). The second-order valence-electron chi connectivity index (χ2n) is 4.71. The van der Waals surface area contributed by atoms with Crippen LogP contribution in [0.2, 0.25) is 0 Å². The number of rotatable bonds is 3. The van der Waals surface area contributed by atoms with Crippen molar-refractivity contribution in [3.05, 3.63) is 15.6 Å². The summed E-state index contributed by atoms with van der Waals surface area (Å²) in [5.74, 6) is 0. The normalized spacial score (nSPS) is 22.3. The zero-order valence-corrected chi connectivity index (χ0v) is 11.6. The van der Waals surface area contributed by atoms with Crippen LogP contribution in [0.1, 0.15) is 35.5 Å². The van der Waals surface area contributed by atoms with Gasteiger partial charge in [0.05, 0.1) is 12.3 Å². The molecule has 17 heavy (non-hydrogen) atoms. The molecule has 0 spiro atoms. The first kappa shape index (κ1) is 13.0. The Hall–Kier alpha value is -0.490. The molecule has 4 nitrogen and oxygen atoms in total. The van der Waals surface area contributed by atoms with Crippen LogP contribution in [0.15, 0.2) is 0 Å². The number of aromatic nitrogens is 1. The number of hydrogen-bond donors (Lipinski definition) is 1. The minimum atomic E-state index is 0.121. The van der Waals surface area contributed by atoms with Gasteiger partial charge in [-0.05, 0) is 20.8 Å². The van der Waals surface area contributed by atoms with Crippen molar-refractivity contribution in [3.63, 3.8) is 0 Å². The van der Waals surface area contributed by atoms with Gasteiger partial charge in [0.25, 0.3) is 0 Å². The summed E-state index contributed by atoms with van der Waals surface area (Å²) >= 11 is 1.69. The van der Waals surface area contributed by atoms with Crippen molar-refractivity contribution in [2.24, 2.45) is 5.73 Å². The van der Waals surface area contributed by atoms with Gasteiger partial charge >= 0.3 is 0 Å². The number of morpholine rings is 1. The Bertz CT molecular complexity index is 378. The summed E-state index contributed by atoms with van der Waals surface area (Å²) in [4.78, 5) is 8.19.